The highest BCUT2D eigenvalue weighted by Crippen LogP contribution is 2.41. The Labute approximate surface area is 141 Å². The van der Waals surface area contributed by atoms with Crippen LogP contribution in [0.1, 0.15) is 18.4 Å². The molecule has 122 valence electrons. The van der Waals surface area contributed by atoms with Crippen LogP contribution >= 0.6 is 11.8 Å². The van der Waals surface area contributed by atoms with Crippen LogP contribution in [0.3, 0.4) is 0 Å². The number of hydrogen-bond acceptors (Lipinski definition) is 4. The van der Waals surface area contributed by atoms with Crippen molar-refractivity contribution in [2.75, 3.05) is 26.2 Å². The summed E-state index contributed by atoms with van der Waals surface area (Å²) in [5.41, 5.74) is 2.57. The van der Waals surface area contributed by atoms with Gasteiger partial charge in [-0.25, -0.2) is 4.79 Å². The molecule has 23 heavy (non-hydrogen) atoms. The Bertz CT molecular complexity index is 600. The van der Waals surface area contributed by atoms with E-state index in [4.69, 9.17) is 0 Å². The van der Waals surface area contributed by atoms with E-state index in [1.54, 1.807) is 11.8 Å². The molecule has 2 N–H and O–H groups in total. The third-order valence-corrected chi connectivity index (χ3v) is 5.83. The largest absolute Gasteiger partial charge is 0.338 e. The molecule has 1 aromatic rings. The van der Waals surface area contributed by atoms with Crippen LogP contribution in [0.15, 0.2) is 35.7 Å². The highest BCUT2D eigenvalue weighted by Gasteiger charge is 2.40. The van der Waals surface area contributed by atoms with Gasteiger partial charge < -0.3 is 15.5 Å². The number of piperidine rings is 1. The van der Waals surface area contributed by atoms with Crippen LogP contribution in [0.4, 0.5) is 4.79 Å². The van der Waals surface area contributed by atoms with Crippen LogP contribution in [-0.2, 0) is 0 Å². The number of amides is 2. The van der Waals surface area contributed by atoms with Crippen LogP contribution < -0.4 is 10.6 Å². The van der Waals surface area contributed by atoms with Gasteiger partial charge in [-0.2, -0.15) is 0 Å². The molecule has 6 heteroatoms. The van der Waals surface area contributed by atoms with E-state index in [2.05, 4.69) is 45.2 Å². The first-order valence-corrected chi connectivity index (χ1v) is 9.23. The van der Waals surface area contributed by atoms with Gasteiger partial charge in [-0.05, 0) is 36.9 Å². The van der Waals surface area contributed by atoms with Crippen molar-refractivity contribution in [3.63, 3.8) is 0 Å². The Morgan fingerprint density at radius 1 is 1.09 bits per heavy atom. The fourth-order valence-corrected chi connectivity index (χ4v) is 4.85. The van der Waals surface area contributed by atoms with E-state index in [0.717, 1.165) is 39.0 Å². The monoisotopic (exact) mass is 330 g/mol. The molecule has 0 radical (unpaired) electrons. The minimum Gasteiger partial charge on any atom is -0.338 e. The summed E-state index contributed by atoms with van der Waals surface area (Å²) in [7, 11) is 0. The van der Waals surface area contributed by atoms with Gasteiger partial charge >= 0.3 is 6.03 Å². The normalized spacial score (nSPS) is 25.7. The molecule has 0 bridgehead atoms. The smallest absolute Gasteiger partial charge is 0.319 e. The van der Waals surface area contributed by atoms with E-state index in [-0.39, 0.29) is 11.5 Å². The lowest BCUT2D eigenvalue weighted by Gasteiger charge is -2.41. The summed E-state index contributed by atoms with van der Waals surface area (Å²) in [6.07, 6.45) is 2.24. The highest BCUT2D eigenvalue weighted by atomic mass is 32.2. The molecule has 4 rings (SSSR count). The molecular weight excluding hydrogens is 308 g/mol. The average molecular weight is 330 g/mol. The first kappa shape index (κ1) is 14.9. The van der Waals surface area contributed by atoms with E-state index in [0.29, 0.717) is 6.04 Å². The van der Waals surface area contributed by atoms with E-state index in [9.17, 15) is 4.79 Å². The Morgan fingerprint density at radius 3 is 2.57 bits per heavy atom. The van der Waals surface area contributed by atoms with Gasteiger partial charge in [0.05, 0.1) is 5.70 Å². The third-order valence-electron chi connectivity index (χ3n) is 4.75. The van der Waals surface area contributed by atoms with Crippen molar-refractivity contribution in [1.82, 2.24) is 20.4 Å². The number of nitrogens with one attached hydrogen (secondary N) is 2. The van der Waals surface area contributed by atoms with Gasteiger partial charge in [-0.3, -0.25) is 4.90 Å². The van der Waals surface area contributed by atoms with Gasteiger partial charge in [0.15, 0.2) is 5.50 Å². The first-order valence-electron chi connectivity index (χ1n) is 8.29. The van der Waals surface area contributed by atoms with Gasteiger partial charge in [0.2, 0.25) is 0 Å². The SMILES string of the molecule is O=C1NCCN1C1SC=C(c2ccccc2)N1C1CCNCC1. The maximum absolute atomic E-state index is 12.2. The molecule has 3 aliphatic rings. The third kappa shape index (κ3) is 2.81. The topological polar surface area (TPSA) is 47.6 Å². The molecule has 0 spiro atoms. The van der Waals surface area contributed by atoms with Crippen LogP contribution in [0.2, 0.25) is 0 Å². The lowest BCUT2D eigenvalue weighted by Crippen LogP contribution is -2.51. The first-order chi connectivity index (χ1) is 11.3. The summed E-state index contributed by atoms with van der Waals surface area (Å²) in [4.78, 5) is 16.6. The van der Waals surface area contributed by atoms with Crippen molar-refractivity contribution in [1.29, 1.82) is 0 Å². The predicted molar refractivity (Wildman–Crippen MR) is 93.6 cm³/mol. The Kier molecular flexibility index (Phi) is 4.18. The van der Waals surface area contributed by atoms with E-state index in [1.165, 1.54) is 11.3 Å². The van der Waals surface area contributed by atoms with E-state index >= 15 is 0 Å². The van der Waals surface area contributed by atoms with Gasteiger partial charge in [0.1, 0.15) is 0 Å². The van der Waals surface area contributed by atoms with Crippen molar-refractivity contribution < 1.29 is 4.79 Å². The zero-order chi connectivity index (χ0) is 15.6. The van der Waals surface area contributed by atoms with Crippen molar-refractivity contribution >= 4 is 23.5 Å². The number of benzene rings is 1. The number of carbonyl (C=O) groups excluding carboxylic acids is 1. The van der Waals surface area contributed by atoms with Gasteiger partial charge in [-0.15, -0.1) is 0 Å². The average Bonchev–Trinajstić information content (AvgIpc) is 3.22. The van der Waals surface area contributed by atoms with E-state index < -0.39 is 0 Å². The second-order valence-corrected chi connectivity index (χ2v) is 7.07. The summed E-state index contributed by atoms with van der Waals surface area (Å²) in [6, 6.07) is 11.1. The number of nitrogens with zero attached hydrogens (tertiary/aromatic N) is 2. The molecule has 2 saturated heterocycles. The van der Waals surface area contributed by atoms with Crippen molar-refractivity contribution in [3.05, 3.63) is 41.3 Å². The summed E-state index contributed by atoms with van der Waals surface area (Å²) < 4.78 is 0. The van der Waals surface area contributed by atoms with E-state index in [1.807, 2.05) is 11.0 Å². The lowest BCUT2D eigenvalue weighted by atomic mass is 10.0. The molecule has 0 saturated carbocycles. The summed E-state index contributed by atoms with van der Waals surface area (Å²) >= 11 is 1.76. The fraction of sp³-hybridized carbons (Fsp3) is 0.471. The summed E-state index contributed by atoms with van der Waals surface area (Å²) in [6.45, 7) is 3.63. The maximum atomic E-state index is 12.2. The number of thioether (sulfide) groups is 1. The molecular formula is C17H22N4OS. The zero-order valence-electron chi connectivity index (χ0n) is 13.1. The molecule has 3 heterocycles. The molecule has 0 aromatic heterocycles. The van der Waals surface area contributed by atoms with Crippen LogP contribution in [0.25, 0.3) is 5.70 Å². The lowest BCUT2D eigenvalue weighted by molar-refractivity contribution is 0.138. The minimum atomic E-state index is 0.0594. The molecule has 1 unspecified atom stereocenters. The standard InChI is InChI=1S/C17H22N4OS/c22-16-19-10-11-20(16)17-21(14-6-8-18-9-7-14)15(12-23-17)13-4-2-1-3-5-13/h1-5,12,14,17-18H,6-11H2,(H,19,22). The number of rotatable bonds is 3. The van der Waals surface area contributed by atoms with Crippen LogP contribution in [0.5, 0.6) is 0 Å². The van der Waals surface area contributed by atoms with Crippen LogP contribution in [0, 0.1) is 0 Å². The summed E-state index contributed by atoms with van der Waals surface area (Å²) in [5, 5.41) is 8.61. The maximum Gasteiger partial charge on any atom is 0.319 e. The number of hydrogen-bond donors (Lipinski definition) is 2. The van der Waals surface area contributed by atoms with Crippen LogP contribution in [-0.4, -0.2) is 53.5 Å². The minimum absolute atomic E-state index is 0.0594. The quantitative estimate of drug-likeness (QED) is 0.891. The molecule has 5 nitrogen and oxygen atoms in total. The highest BCUT2D eigenvalue weighted by molar-refractivity contribution is 8.03. The molecule has 2 fully saturated rings. The second kappa shape index (κ2) is 6.45. The molecule has 2 amide bonds. The molecule has 0 aliphatic carbocycles. The van der Waals surface area contributed by atoms with Crippen molar-refractivity contribution in [2.24, 2.45) is 0 Å². The van der Waals surface area contributed by atoms with Gasteiger partial charge in [0, 0.05) is 19.1 Å². The van der Waals surface area contributed by atoms with Gasteiger partial charge in [-0.1, -0.05) is 42.1 Å². The Balaban J connectivity index is 1.64. The predicted octanol–water partition coefficient (Wildman–Crippen LogP) is 2.09. The molecule has 3 aliphatic heterocycles. The Hall–Kier alpha value is -1.66. The van der Waals surface area contributed by atoms with Crippen molar-refractivity contribution in [3.8, 4) is 0 Å². The molecule has 1 aromatic carbocycles. The second-order valence-electron chi connectivity index (χ2n) is 6.15. The number of urea groups is 1. The Morgan fingerprint density at radius 2 is 1.87 bits per heavy atom. The summed E-state index contributed by atoms with van der Waals surface area (Å²) in [5.74, 6) is 0. The van der Waals surface area contributed by atoms with Gasteiger partial charge in [0.25, 0.3) is 0 Å². The fourth-order valence-electron chi connectivity index (χ4n) is 3.58. The molecule has 1 atom stereocenters. The number of carbonyl (C=O) groups is 1. The zero-order valence-corrected chi connectivity index (χ0v) is 13.9. The van der Waals surface area contributed by atoms with Crippen molar-refractivity contribution in [2.45, 2.75) is 24.4 Å².